The zero-order chi connectivity index (χ0) is 24.4. The average Bonchev–Trinajstić information content (AvgIpc) is 3.39. The molecule has 1 aromatic heterocycles. The van der Waals surface area contributed by atoms with Crippen molar-refractivity contribution < 1.29 is 0 Å². The van der Waals surface area contributed by atoms with Gasteiger partial charge in [0.15, 0.2) is 0 Å². The summed E-state index contributed by atoms with van der Waals surface area (Å²) in [4.78, 5) is 2.44. The van der Waals surface area contributed by atoms with E-state index in [2.05, 4.69) is 135 Å². The molecule has 0 radical (unpaired) electrons. The Morgan fingerprint density at radius 3 is 2.17 bits per heavy atom. The van der Waals surface area contributed by atoms with Crippen LogP contribution in [0.4, 0.5) is 17.1 Å². The molecule has 2 heteroatoms. The van der Waals surface area contributed by atoms with E-state index >= 15 is 0 Å². The lowest BCUT2D eigenvalue weighted by atomic mass is 9.82. The molecular formula is C34H27NS. The summed E-state index contributed by atoms with van der Waals surface area (Å²) < 4.78 is 2.65. The summed E-state index contributed by atoms with van der Waals surface area (Å²) in [5.41, 5.74) is 10.3. The van der Waals surface area contributed by atoms with Crippen LogP contribution in [0.3, 0.4) is 0 Å². The van der Waals surface area contributed by atoms with Gasteiger partial charge in [0.2, 0.25) is 0 Å². The molecule has 0 bridgehead atoms. The molecule has 7 rings (SSSR count). The minimum absolute atomic E-state index is 0.0372. The van der Waals surface area contributed by atoms with E-state index in [9.17, 15) is 0 Å². The summed E-state index contributed by atoms with van der Waals surface area (Å²) in [5, 5.41) is 2.65. The van der Waals surface area contributed by atoms with E-state index in [1.807, 2.05) is 11.3 Å². The third-order valence-corrected chi connectivity index (χ3v) is 8.95. The highest BCUT2D eigenvalue weighted by Gasteiger charge is 2.35. The van der Waals surface area contributed by atoms with Gasteiger partial charge in [-0.3, -0.25) is 0 Å². The highest BCUT2D eigenvalue weighted by atomic mass is 32.1. The van der Waals surface area contributed by atoms with Gasteiger partial charge in [-0.25, -0.2) is 0 Å². The normalized spacial score (nSPS) is 13.6. The fraction of sp³-hybridized carbons (Fsp3) is 0.118. The summed E-state index contributed by atoms with van der Waals surface area (Å²) >= 11 is 1.88. The van der Waals surface area contributed by atoms with Crippen LogP contribution >= 0.6 is 11.3 Å². The molecule has 1 aliphatic rings. The van der Waals surface area contributed by atoms with Crippen molar-refractivity contribution in [1.29, 1.82) is 0 Å². The van der Waals surface area contributed by atoms with Crippen LogP contribution in [0.1, 0.15) is 30.5 Å². The molecule has 0 spiro atoms. The molecule has 0 atom stereocenters. The zero-order valence-electron chi connectivity index (χ0n) is 20.7. The molecule has 0 saturated carbocycles. The first-order valence-electron chi connectivity index (χ1n) is 12.5. The lowest BCUT2D eigenvalue weighted by Crippen LogP contribution is -2.16. The predicted molar refractivity (Wildman–Crippen MR) is 156 cm³/mol. The Balaban J connectivity index is 1.49. The van der Waals surface area contributed by atoms with Crippen LogP contribution in [0.15, 0.2) is 109 Å². The molecule has 6 aromatic rings. The lowest BCUT2D eigenvalue weighted by molar-refractivity contribution is 0.660. The van der Waals surface area contributed by atoms with Crippen molar-refractivity contribution in [2.75, 3.05) is 4.90 Å². The van der Waals surface area contributed by atoms with Gasteiger partial charge in [-0.15, -0.1) is 11.3 Å². The number of aryl methyl sites for hydroxylation is 1. The van der Waals surface area contributed by atoms with Gasteiger partial charge in [-0.05, 0) is 65.6 Å². The van der Waals surface area contributed by atoms with Crippen molar-refractivity contribution in [2.45, 2.75) is 26.2 Å². The van der Waals surface area contributed by atoms with Gasteiger partial charge >= 0.3 is 0 Å². The summed E-state index contributed by atoms with van der Waals surface area (Å²) in [7, 11) is 0. The van der Waals surface area contributed by atoms with Gasteiger partial charge in [0.25, 0.3) is 0 Å². The molecule has 0 fully saturated rings. The molecular weight excluding hydrogens is 454 g/mol. The molecule has 0 amide bonds. The van der Waals surface area contributed by atoms with Crippen LogP contribution in [0.25, 0.3) is 31.3 Å². The number of rotatable bonds is 3. The van der Waals surface area contributed by atoms with Crippen molar-refractivity contribution in [1.82, 2.24) is 0 Å². The van der Waals surface area contributed by atoms with Crippen LogP contribution in [0, 0.1) is 6.92 Å². The van der Waals surface area contributed by atoms with Gasteiger partial charge in [0, 0.05) is 32.3 Å². The highest BCUT2D eigenvalue weighted by molar-refractivity contribution is 7.26. The SMILES string of the molecule is Cc1ccc(N(c2ccc3c(c2)C(C)(C)c2ccccc2-3)c2cccc3c2sc2ccccc23)cc1. The molecule has 174 valence electrons. The van der Waals surface area contributed by atoms with E-state index in [-0.39, 0.29) is 5.41 Å². The number of anilines is 3. The van der Waals surface area contributed by atoms with E-state index in [1.165, 1.54) is 65.1 Å². The molecule has 0 unspecified atom stereocenters. The maximum atomic E-state index is 2.44. The number of hydrogen-bond donors (Lipinski definition) is 0. The van der Waals surface area contributed by atoms with Crippen molar-refractivity contribution in [2.24, 2.45) is 0 Å². The molecule has 0 aliphatic heterocycles. The van der Waals surface area contributed by atoms with Gasteiger partial charge in [0.05, 0.1) is 10.4 Å². The Hall–Kier alpha value is -3.88. The molecule has 0 N–H and O–H groups in total. The molecule has 36 heavy (non-hydrogen) atoms. The maximum absolute atomic E-state index is 2.44. The predicted octanol–water partition coefficient (Wildman–Crippen LogP) is 10.1. The van der Waals surface area contributed by atoms with Crippen molar-refractivity contribution >= 4 is 48.6 Å². The fourth-order valence-corrected chi connectivity index (χ4v) is 7.07. The Morgan fingerprint density at radius 1 is 0.611 bits per heavy atom. The van der Waals surface area contributed by atoms with Gasteiger partial charge in [0.1, 0.15) is 0 Å². The molecule has 5 aromatic carbocycles. The van der Waals surface area contributed by atoms with Crippen LogP contribution in [-0.4, -0.2) is 0 Å². The number of benzene rings is 5. The van der Waals surface area contributed by atoms with E-state index in [4.69, 9.17) is 0 Å². The van der Waals surface area contributed by atoms with E-state index < -0.39 is 0 Å². The second-order valence-corrected chi connectivity index (χ2v) is 11.4. The van der Waals surface area contributed by atoms with Crippen LogP contribution in [0.5, 0.6) is 0 Å². The number of fused-ring (bicyclic) bond motifs is 6. The van der Waals surface area contributed by atoms with Crippen molar-refractivity contribution in [3.05, 3.63) is 126 Å². The quantitative estimate of drug-likeness (QED) is 0.243. The standard InChI is InChI=1S/C34H27NS/c1-22-15-17-23(18-16-22)35(31-13-8-11-28-27-10-5-7-14-32(27)36-33(28)31)24-19-20-26-25-9-4-6-12-29(25)34(2,3)30(26)21-24/h4-21H,1-3H3. The molecule has 1 nitrogen and oxygen atoms in total. The van der Waals surface area contributed by atoms with E-state index in [0.717, 1.165) is 0 Å². The van der Waals surface area contributed by atoms with Gasteiger partial charge in [-0.1, -0.05) is 92.2 Å². The summed E-state index contributed by atoms with van der Waals surface area (Å²) in [6.45, 7) is 6.85. The van der Waals surface area contributed by atoms with E-state index in [0.29, 0.717) is 0 Å². The first kappa shape index (κ1) is 21.4. The lowest BCUT2D eigenvalue weighted by Gasteiger charge is -2.28. The second-order valence-electron chi connectivity index (χ2n) is 10.3. The minimum atomic E-state index is -0.0372. The van der Waals surface area contributed by atoms with Crippen LogP contribution < -0.4 is 4.90 Å². The Morgan fingerprint density at radius 2 is 1.31 bits per heavy atom. The largest absolute Gasteiger partial charge is 0.309 e. The Kier molecular flexibility index (Phi) is 4.64. The Labute approximate surface area is 216 Å². The van der Waals surface area contributed by atoms with Crippen LogP contribution in [-0.2, 0) is 5.41 Å². The third-order valence-electron chi connectivity index (χ3n) is 7.74. The number of hydrogen-bond acceptors (Lipinski definition) is 2. The topological polar surface area (TPSA) is 3.24 Å². The van der Waals surface area contributed by atoms with Crippen molar-refractivity contribution in [3.8, 4) is 11.1 Å². The first-order chi connectivity index (χ1) is 17.5. The monoisotopic (exact) mass is 481 g/mol. The highest BCUT2D eigenvalue weighted by Crippen LogP contribution is 2.51. The first-order valence-corrected chi connectivity index (χ1v) is 13.4. The molecule has 1 aliphatic carbocycles. The number of nitrogens with zero attached hydrogens (tertiary/aromatic N) is 1. The zero-order valence-corrected chi connectivity index (χ0v) is 21.6. The fourth-order valence-electron chi connectivity index (χ4n) is 5.86. The van der Waals surface area contributed by atoms with Gasteiger partial charge in [-0.2, -0.15) is 0 Å². The molecule has 1 heterocycles. The minimum Gasteiger partial charge on any atom is -0.309 e. The van der Waals surface area contributed by atoms with Crippen LogP contribution in [0.2, 0.25) is 0 Å². The summed E-state index contributed by atoms with van der Waals surface area (Å²) in [6.07, 6.45) is 0. The second kappa shape index (κ2) is 7.81. The molecule has 0 saturated heterocycles. The smallest absolute Gasteiger partial charge is 0.0640 e. The van der Waals surface area contributed by atoms with Gasteiger partial charge < -0.3 is 4.90 Å². The van der Waals surface area contributed by atoms with Crippen molar-refractivity contribution in [3.63, 3.8) is 0 Å². The number of thiophene rings is 1. The Bertz CT molecular complexity index is 1770. The summed E-state index contributed by atoms with van der Waals surface area (Å²) in [5.74, 6) is 0. The average molecular weight is 482 g/mol. The third kappa shape index (κ3) is 3.08. The maximum Gasteiger partial charge on any atom is 0.0640 e. The van der Waals surface area contributed by atoms with E-state index in [1.54, 1.807) is 0 Å². The summed E-state index contributed by atoms with van der Waals surface area (Å²) in [6, 6.07) is 40.3.